The van der Waals surface area contributed by atoms with E-state index in [0.29, 0.717) is 38.2 Å². The number of hydrogen-bond donors (Lipinski definition) is 1. The minimum Gasteiger partial charge on any atom is -0.480 e. The van der Waals surface area contributed by atoms with Crippen LogP contribution in [-0.2, 0) is 16.0 Å². The Morgan fingerprint density at radius 2 is 1.97 bits per heavy atom. The van der Waals surface area contributed by atoms with Crippen molar-refractivity contribution in [2.75, 3.05) is 32.7 Å². The largest absolute Gasteiger partial charge is 0.480 e. The minimum atomic E-state index is -0.887. The molecule has 0 saturated carbocycles. The number of rotatable bonds is 7. The minimum absolute atomic E-state index is 0.0658. The van der Waals surface area contributed by atoms with Crippen molar-refractivity contribution in [2.45, 2.75) is 19.8 Å². The molecule has 1 saturated heterocycles. The summed E-state index contributed by atoms with van der Waals surface area (Å²) in [5.74, 6) is -1.42. The molecule has 6 heteroatoms. The predicted octanol–water partition coefficient (Wildman–Crippen LogP) is 3.29. The fourth-order valence-electron chi connectivity index (χ4n) is 3.94. The van der Waals surface area contributed by atoms with Crippen molar-refractivity contribution in [1.82, 2.24) is 9.80 Å². The van der Waals surface area contributed by atoms with Crippen molar-refractivity contribution >= 4 is 11.9 Å². The van der Waals surface area contributed by atoms with Crippen LogP contribution in [0.15, 0.2) is 48.5 Å². The molecular formula is C23H27FN2O3. The number of carbonyl (C=O) groups is 2. The van der Waals surface area contributed by atoms with E-state index >= 15 is 0 Å². The molecule has 29 heavy (non-hydrogen) atoms. The van der Waals surface area contributed by atoms with Crippen LogP contribution in [-0.4, -0.2) is 59.5 Å². The summed E-state index contributed by atoms with van der Waals surface area (Å²) in [4.78, 5) is 27.9. The number of benzene rings is 2. The average Bonchev–Trinajstić information content (AvgIpc) is 2.82. The highest BCUT2D eigenvalue weighted by molar-refractivity contribution is 5.80. The zero-order valence-corrected chi connectivity index (χ0v) is 16.7. The molecule has 0 bridgehead atoms. The predicted molar refractivity (Wildman–Crippen MR) is 110 cm³/mol. The van der Waals surface area contributed by atoms with Gasteiger partial charge < -0.3 is 10.0 Å². The monoisotopic (exact) mass is 398 g/mol. The molecule has 0 aliphatic carbocycles. The van der Waals surface area contributed by atoms with Crippen LogP contribution in [0.2, 0.25) is 0 Å². The van der Waals surface area contributed by atoms with Gasteiger partial charge in [0, 0.05) is 31.7 Å². The molecular weight excluding hydrogens is 371 g/mol. The van der Waals surface area contributed by atoms with E-state index in [4.69, 9.17) is 0 Å². The first kappa shape index (κ1) is 21.0. The molecule has 2 aromatic carbocycles. The second kappa shape index (κ2) is 9.65. The number of carbonyl (C=O) groups excluding carboxylic acids is 1. The van der Waals surface area contributed by atoms with Gasteiger partial charge in [0.05, 0.1) is 12.5 Å². The first-order valence-corrected chi connectivity index (χ1v) is 10.0. The Kier molecular flexibility index (Phi) is 6.99. The number of carboxylic acid groups (broad SMARTS) is 1. The Morgan fingerprint density at radius 3 is 2.69 bits per heavy atom. The second-order valence-electron chi connectivity index (χ2n) is 7.54. The van der Waals surface area contributed by atoms with Gasteiger partial charge in [-0.05, 0) is 30.0 Å². The van der Waals surface area contributed by atoms with E-state index in [-0.39, 0.29) is 24.2 Å². The highest BCUT2D eigenvalue weighted by Gasteiger charge is 2.30. The SMILES string of the molecule is CCCN1CCN(CC(=O)O)CC(Cc2cccc(-c3ccccc3F)c2)C1=O. The number of nitrogens with zero attached hydrogens (tertiary/aromatic N) is 2. The summed E-state index contributed by atoms with van der Waals surface area (Å²) in [5.41, 5.74) is 2.24. The van der Waals surface area contributed by atoms with E-state index in [9.17, 15) is 19.1 Å². The Bertz CT molecular complexity index is 871. The van der Waals surface area contributed by atoms with Crippen molar-refractivity contribution in [1.29, 1.82) is 0 Å². The van der Waals surface area contributed by atoms with Gasteiger partial charge in [-0.2, -0.15) is 0 Å². The third kappa shape index (κ3) is 5.41. The fourth-order valence-corrected chi connectivity index (χ4v) is 3.94. The zero-order valence-electron chi connectivity index (χ0n) is 16.7. The molecule has 0 aromatic heterocycles. The summed E-state index contributed by atoms with van der Waals surface area (Å²) in [6.45, 7) is 4.15. The van der Waals surface area contributed by atoms with E-state index < -0.39 is 5.97 Å². The lowest BCUT2D eigenvalue weighted by atomic mass is 9.94. The summed E-state index contributed by atoms with van der Waals surface area (Å²) >= 11 is 0. The van der Waals surface area contributed by atoms with E-state index in [2.05, 4.69) is 0 Å². The quantitative estimate of drug-likeness (QED) is 0.778. The normalized spacial score (nSPS) is 17.9. The van der Waals surface area contributed by atoms with Gasteiger partial charge in [-0.1, -0.05) is 49.4 Å². The smallest absolute Gasteiger partial charge is 0.317 e. The summed E-state index contributed by atoms with van der Waals surface area (Å²) in [6.07, 6.45) is 1.36. The molecule has 1 amide bonds. The number of aliphatic carboxylic acids is 1. The first-order valence-electron chi connectivity index (χ1n) is 10.0. The summed E-state index contributed by atoms with van der Waals surface area (Å²) in [7, 11) is 0. The van der Waals surface area contributed by atoms with Crippen LogP contribution in [0.5, 0.6) is 0 Å². The van der Waals surface area contributed by atoms with Crippen LogP contribution in [0.1, 0.15) is 18.9 Å². The molecule has 1 fully saturated rings. The van der Waals surface area contributed by atoms with E-state index in [1.165, 1.54) is 6.07 Å². The molecule has 1 N–H and O–H groups in total. The van der Waals surface area contributed by atoms with Crippen LogP contribution in [0.3, 0.4) is 0 Å². The third-order valence-corrected chi connectivity index (χ3v) is 5.27. The van der Waals surface area contributed by atoms with Crippen molar-refractivity contribution in [3.63, 3.8) is 0 Å². The Labute approximate surface area is 170 Å². The zero-order chi connectivity index (χ0) is 20.8. The lowest BCUT2D eigenvalue weighted by Crippen LogP contribution is -2.38. The molecule has 1 unspecified atom stereocenters. The van der Waals surface area contributed by atoms with Crippen LogP contribution in [0.4, 0.5) is 4.39 Å². The molecule has 154 valence electrons. The van der Waals surface area contributed by atoms with Gasteiger partial charge >= 0.3 is 5.97 Å². The lowest BCUT2D eigenvalue weighted by molar-refractivity contribution is -0.139. The summed E-state index contributed by atoms with van der Waals surface area (Å²) in [6, 6.07) is 14.2. The second-order valence-corrected chi connectivity index (χ2v) is 7.54. The Morgan fingerprint density at radius 1 is 1.17 bits per heavy atom. The molecule has 2 aromatic rings. The Balaban J connectivity index is 1.83. The van der Waals surface area contributed by atoms with Crippen LogP contribution >= 0.6 is 0 Å². The van der Waals surface area contributed by atoms with Gasteiger partial charge in [-0.25, -0.2) is 4.39 Å². The average molecular weight is 398 g/mol. The lowest BCUT2D eigenvalue weighted by Gasteiger charge is -2.23. The highest BCUT2D eigenvalue weighted by atomic mass is 19.1. The molecule has 0 radical (unpaired) electrons. The van der Waals surface area contributed by atoms with Crippen LogP contribution in [0, 0.1) is 11.7 Å². The van der Waals surface area contributed by atoms with Crippen molar-refractivity contribution in [2.24, 2.45) is 5.92 Å². The van der Waals surface area contributed by atoms with Gasteiger partial charge in [0.2, 0.25) is 5.91 Å². The van der Waals surface area contributed by atoms with Crippen molar-refractivity contribution < 1.29 is 19.1 Å². The maximum absolute atomic E-state index is 14.2. The maximum atomic E-state index is 14.2. The molecule has 1 aliphatic heterocycles. The van der Waals surface area contributed by atoms with Gasteiger partial charge in [0.1, 0.15) is 5.82 Å². The fraction of sp³-hybridized carbons (Fsp3) is 0.391. The van der Waals surface area contributed by atoms with Gasteiger partial charge in [0.25, 0.3) is 0 Å². The third-order valence-electron chi connectivity index (χ3n) is 5.27. The summed E-state index contributed by atoms with van der Waals surface area (Å²) < 4.78 is 14.2. The first-order chi connectivity index (χ1) is 14.0. The van der Waals surface area contributed by atoms with E-state index in [1.807, 2.05) is 41.0 Å². The molecule has 5 nitrogen and oxygen atoms in total. The van der Waals surface area contributed by atoms with Crippen LogP contribution < -0.4 is 0 Å². The number of amides is 1. The summed E-state index contributed by atoms with van der Waals surface area (Å²) in [5, 5.41) is 9.18. The van der Waals surface area contributed by atoms with E-state index in [0.717, 1.165) is 17.5 Å². The molecule has 0 spiro atoms. The topological polar surface area (TPSA) is 60.9 Å². The molecule has 3 rings (SSSR count). The number of halogens is 1. The number of carboxylic acids is 1. The van der Waals surface area contributed by atoms with Crippen LogP contribution in [0.25, 0.3) is 11.1 Å². The van der Waals surface area contributed by atoms with Gasteiger partial charge in [-0.15, -0.1) is 0 Å². The maximum Gasteiger partial charge on any atom is 0.317 e. The van der Waals surface area contributed by atoms with Crippen molar-refractivity contribution in [3.8, 4) is 11.1 Å². The molecule has 1 atom stereocenters. The Hall–Kier alpha value is -2.73. The molecule has 1 aliphatic rings. The number of hydrogen-bond acceptors (Lipinski definition) is 3. The van der Waals surface area contributed by atoms with Gasteiger partial charge in [-0.3, -0.25) is 14.5 Å². The van der Waals surface area contributed by atoms with Crippen molar-refractivity contribution in [3.05, 3.63) is 59.9 Å². The van der Waals surface area contributed by atoms with Gasteiger partial charge in [0.15, 0.2) is 0 Å². The highest BCUT2D eigenvalue weighted by Crippen LogP contribution is 2.25. The standard InChI is InChI=1S/C23H27FN2O3/c1-2-10-26-12-11-25(16-22(27)28)15-19(23(26)29)14-17-6-5-7-18(13-17)20-8-3-4-9-21(20)24/h3-9,13,19H,2,10-12,14-16H2,1H3,(H,27,28). The van der Waals surface area contributed by atoms with E-state index in [1.54, 1.807) is 18.2 Å². The molecule has 1 heterocycles.